The summed E-state index contributed by atoms with van der Waals surface area (Å²) in [6.07, 6.45) is 7.43. The van der Waals surface area contributed by atoms with Gasteiger partial charge in [0.05, 0.1) is 31.6 Å². The zero-order chi connectivity index (χ0) is 17.2. The Hall–Kier alpha value is -1.92. The number of nitrogens with zero attached hydrogens (tertiary/aromatic N) is 4. The van der Waals surface area contributed by atoms with Crippen molar-refractivity contribution in [3.8, 4) is 5.88 Å². The Labute approximate surface area is 148 Å². The molecule has 0 N–H and O–H groups in total. The van der Waals surface area contributed by atoms with E-state index in [0.717, 1.165) is 37.6 Å². The van der Waals surface area contributed by atoms with Gasteiger partial charge in [-0.3, -0.25) is 9.58 Å². The molecule has 1 aliphatic heterocycles. The number of fused-ring (bicyclic) bond motifs is 1. The van der Waals surface area contributed by atoms with E-state index in [1.54, 1.807) is 13.3 Å². The lowest BCUT2D eigenvalue weighted by Gasteiger charge is -2.36. The van der Waals surface area contributed by atoms with Crippen LogP contribution in [-0.2, 0) is 24.8 Å². The summed E-state index contributed by atoms with van der Waals surface area (Å²) in [4.78, 5) is 6.80. The van der Waals surface area contributed by atoms with E-state index in [2.05, 4.69) is 21.0 Å². The molecule has 0 unspecified atom stereocenters. The fourth-order valence-electron chi connectivity index (χ4n) is 3.66. The average Bonchev–Trinajstić information content (AvgIpc) is 3.38. The second-order valence-electron chi connectivity index (χ2n) is 7.07. The van der Waals surface area contributed by atoms with Crippen molar-refractivity contribution < 1.29 is 9.47 Å². The van der Waals surface area contributed by atoms with Crippen LogP contribution in [0.1, 0.15) is 35.7 Å². The van der Waals surface area contributed by atoms with E-state index < -0.39 is 0 Å². The van der Waals surface area contributed by atoms with Crippen molar-refractivity contribution >= 4 is 0 Å². The highest BCUT2D eigenvalue weighted by atomic mass is 16.5. The van der Waals surface area contributed by atoms with Gasteiger partial charge in [0, 0.05) is 38.5 Å². The Morgan fingerprint density at radius 3 is 2.96 bits per heavy atom. The molecule has 2 aromatic heterocycles. The van der Waals surface area contributed by atoms with Gasteiger partial charge in [0.1, 0.15) is 0 Å². The maximum absolute atomic E-state index is 6.07. The van der Waals surface area contributed by atoms with Gasteiger partial charge < -0.3 is 9.47 Å². The first kappa shape index (κ1) is 16.5. The maximum Gasteiger partial charge on any atom is 0.217 e. The van der Waals surface area contributed by atoms with Crippen LogP contribution in [0.2, 0.25) is 0 Å². The van der Waals surface area contributed by atoms with Crippen LogP contribution < -0.4 is 4.74 Å². The van der Waals surface area contributed by atoms with Gasteiger partial charge in [-0.15, -0.1) is 0 Å². The van der Waals surface area contributed by atoms with Crippen molar-refractivity contribution in [1.82, 2.24) is 19.7 Å². The second kappa shape index (κ2) is 7.14. The topological polar surface area (TPSA) is 52.4 Å². The van der Waals surface area contributed by atoms with Gasteiger partial charge in [-0.05, 0) is 36.8 Å². The smallest absolute Gasteiger partial charge is 0.217 e. The first-order chi connectivity index (χ1) is 12.3. The molecule has 1 aliphatic carbocycles. The summed E-state index contributed by atoms with van der Waals surface area (Å²) in [6, 6.07) is 4.28. The average molecular weight is 342 g/mol. The SMILES string of the molecule is COc1ncccc1CN1CCc2cnn(C)c2[C@H]1COCC1CC1. The molecule has 4 rings (SSSR count). The van der Waals surface area contributed by atoms with E-state index in [0.29, 0.717) is 12.5 Å². The van der Waals surface area contributed by atoms with Gasteiger partial charge in [0.25, 0.3) is 0 Å². The molecular weight excluding hydrogens is 316 g/mol. The summed E-state index contributed by atoms with van der Waals surface area (Å²) in [7, 11) is 3.71. The fraction of sp³-hybridized carbons (Fsp3) is 0.579. The van der Waals surface area contributed by atoms with Gasteiger partial charge >= 0.3 is 0 Å². The number of aryl methyl sites for hydroxylation is 1. The number of aromatic nitrogens is 3. The Morgan fingerprint density at radius 1 is 1.28 bits per heavy atom. The van der Waals surface area contributed by atoms with E-state index in [9.17, 15) is 0 Å². The molecule has 6 heteroatoms. The minimum Gasteiger partial charge on any atom is -0.481 e. The number of methoxy groups -OCH3 is 1. The van der Waals surface area contributed by atoms with Gasteiger partial charge in [-0.25, -0.2) is 4.98 Å². The molecule has 1 saturated carbocycles. The lowest BCUT2D eigenvalue weighted by Crippen LogP contribution is -2.38. The largest absolute Gasteiger partial charge is 0.481 e. The van der Waals surface area contributed by atoms with Crippen molar-refractivity contribution in [3.63, 3.8) is 0 Å². The van der Waals surface area contributed by atoms with Gasteiger partial charge in [-0.2, -0.15) is 5.10 Å². The minimum atomic E-state index is 0.222. The molecule has 0 aromatic carbocycles. The molecule has 1 atom stereocenters. The summed E-state index contributed by atoms with van der Waals surface area (Å²) in [5.74, 6) is 1.48. The van der Waals surface area contributed by atoms with Crippen molar-refractivity contribution in [1.29, 1.82) is 0 Å². The Balaban J connectivity index is 1.55. The van der Waals surface area contributed by atoms with Crippen LogP contribution in [-0.4, -0.2) is 46.5 Å². The number of ether oxygens (including phenoxy) is 2. The third kappa shape index (κ3) is 3.55. The number of hydrogen-bond donors (Lipinski definition) is 0. The number of pyridine rings is 1. The molecule has 6 nitrogen and oxygen atoms in total. The molecule has 2 aromatic rings. The van der Waals surface area contributed by atoms with Crippen molar-refractivity contribution in [3.05, 3.63) is 41.3 Å². The molecule has 0 radical (unpaired) electrons. The molecule has 0 bridgehead atoms. The quantitative estimate of drug-likeness (QED) is 0.773. The van der Waals surface area contributed by atoms with Crippen LogP contribution in [0.5, 0.6) is 5.88 Å². The molecule has 0 spiro atoms. The Kier molecular flexibility index (Phi) is 4.72. The first-order valence-corrected chi connectivity index (χ1v) is 9.06. The van der Waals surface area contributed by atoms with E-state index in [1.165, 1.54) is 24.1 Å². The molecule has 1 fully saturated rings. The van der Waals surface area contributed by atoms with Crippen molar-refractivity contribution in [2.24, 2.45) is 13.0 Å². The minimum absolute atomic E-state index is 0.222. The Morgan fingerprint density at radius 2 is 2.16 bits per heavy atom. The van der Waals surface area contributed by atoms with Crippen LogP contribution in [0, 0.1) is 5.92 Å². The highest BCUT2D eigenvalue weighted by Gasteiger charge is 2.32. The molecule has 0 saturated heterocycles. The zero-order valence-corrected chi connectivity index (χ0v) is 15.0. The molecule has 3 heterocycles. The van der Waals surface area contributed by atoms with Gasteiger partial charge in [0.2, 0.25) is 5.88 Å². The van der Waals surface area contributed by atoms with Crippen LogP contribution in [0.25, 0.3) is 0 Å². The summed E-state index contributed by atoms with van der Waals surface area (Å²) in [5, 5.41) is 4.48. The standard InChI is InChI=1S/C19H26N4O2/c1-22-18-15(10-21-22)7-9-23(17(18)13-25-12-14-5-6-14)11-16-4-3-8-20-19(16)24-2/h3-4,8,10,14,17H,5-7,9,11-13H2,1-2H3/t17-/m1/s1. The summed E-state index contributed by atoms with van der Waals surface area (Å²) >= 11 is 0. The lowest BCUT2D eigenvalue weighted by molar-refractivity contribution is 0.0409. The van der Waals surface area contributed by atoms with Crippen LogP contribution in [0.4, 0.5) is 0 Å². The third-order valence-electron chi connectivity index (χ3n) is 5.23. The van der Waals surface area contributed by atoms with E-state index in [4.69, 9.17) is 9.47 Å². The predicted molar refractivity (Wildman–Crippen MR) is 94.4 cm³/mol. The van der Waals surface area contributed by atoms with E-state index >= 15 is 0 Å². The lowest BCUT2D eigenvalue weighted by atomic mass is 9.99. The molecule has 25 heavy (non-hydrogen) atoms. The van der Waals surface area contributed by atoms with Gasteiger partial charge in [-0.1, -0.05) is 6.07 Å². The summed E-state index contributed by atoms with van der Waals surface area (Å²) < 4.78 is 13.5. The normalized spacial score (nSPS) is 20.5. The molecule has 134 valence electrons. The highest BCUT2D eigenvalue weighted by Crippen LogP contribution is 2.33. The zero-order valence-electron chi connectivity index (χ0n) is 15.0. The van der Waals surface area contributed by atoms with E-state index in [-0.39, 0.29) is 6.04 Å². The second-order valence-corrected chi connectivity index (χ2v) is 7.07. The van der Waals surface area contributed by atoms with Crippen LogP contribution >= 0.6 is 0 Å². The fourth-order valence-corrected chi connectivity index (χ4v) is 3.66. The molecule has 0 amide bonds. The van der Waals surface area contributed by atoms with Gasteiger partial charge in [0.15, 0.2) is 0 Å². The molecular formula is C19H26N4O2. The maximum atomic E-state index is 6.07. The van der Waals surface area contributed by atoms with Crippen molar-refractivity contribution in [2.75, 3.05) is 26.9 Å². The monoisotopic (exact) mass is 342 g/mol. The third-order valence-corrected chi connectivity index (χ3v) is 5.23. The number of rotatable bonds is 7. The first-order valence-electron chi connectivity index (χ1n) is 9.06. The molecule has 2 aliphatic rings. The van der Waals surface area contributed by atoms with Crippen LogP contribution in [0.15, 0.2) is 24.5 Å². The van der Waals surface area contributed by atoms with E-state index in [1.807, 2.05) is 24.0 Å². The van der Waals surface area contributed by atoms with Crippen molar-refractivity contribution in [2.45, 2.75) is 31.8 Å². The number of hydrogen-bond acceptors (Lipinski definition) is 5. The summed E-state index contributed by atoms with van der Waals surface area (Å²) in [5.41, 5.74) is 3.74. The predicted octanol–water partition coefficient (Wildman–Crippen LogP) is 2.35. The summed E-state index contributed by atoms with van der Waals surface area (Å²) in [6.45, 7) is 3.40. The highest BCUT2D eigenvalue weighted by molar-refractivity contribution is 5.28. The van der Waals surface area contributed by atoms with Crippen LogP contribution in [0.3, 0.4) is 0 Å². The Bertz CT molecular complexity index is 726.